The predicted molar refractivity (Wildman–Crippen MR) is 102 cm³/mol. The van der Waals surface area contributed by atoms with Gasteiger partial charge >= 0.3 is 0 Å². The maximum atomic E-state index is 12.6. The SMILES string of the molecule is O=C(/C=C(\C=C(\O)c1ccccc1)c1ccccc1)c1ccccc1. The van der Waals surface area contributed by atoms with Gasteiger partial charge in [0.25, 0.3) is 0 Å². The number of ketones is 1. The van der Waals surface area contributed by atoms with Crippen molar-refractivity contribution in [2.75, 3.05) is 0 Å². The summed E-state index contributed by atoms with van der Waals surface area (Å²) in [6, 6.07) is 27.9. The van der Waals surface area contributed by atoms with Gasteiger partial charge < -0.3 is 5.11 Å². The molecule has 0 unspecified atom stereocenters. The Hall–Kier alpha value is -3.39. The predicted octanol–water partition coefficient (Wildman–Crippen LogP) is 5.55. The van der Waals surface area contributed by atoms with Gasteiger partial charge in [-0.3, -0.25) is 4.79 Å². The van der Waals surface area contributed by atoms with Gasteiger partial charge in [-0.05, 0) is 23.3 Å². The van der Waals surface area contributed by atoms with Gasteiger partial charge in [0.05, 0.1) is 0 Å². The lowest BCUT2D eigenvalue weighted by molar-refractivity contribution is 0.104. The van der Waals surface area contributed by atoms with Crippen LogP contribution in [0.15, 0.2) is 103 Å². The summed E-state index contributed by atoms with van der Waals surface area (Å²) in [5, 5.41) is 10.4. The van der Waals surface area contributed by atoms with Crippen molar-refractivity contribution < 1.29 is 9.90 Å². The monoisotopic (exact) mass is 326 g/mol. The quantitative estimate of drug-likeness (QED) is 0.289. The molecule has 0 aliphatic rings. The number of aliphatic hydroxyl groups excluding tert-OH is 1. The van der Waals surface area contributed by atoms with Crippen molar-refractivity contribution in [3.63, 3.8) is 0 Å². The fraction of sp³-hybridized carbons (Fsp3) is 0. The molecule has 1 N–H and O–H groups in total. The zero-order valence-corrected chi connectivity index (χ0v) is 13.7. The van der Waals surface area contributed by atoms with Crippen molar-refractivity contribution in [3.05, 3.63) is 120 Å². The Morgan fingerprint density at radius 2 is 1.04 bits per heavy atom. The molecule has 0 aliphatic heterocycles. The minimum Gasteiger partial charge on any atom is -0.507 e. The van der Waals surface area contributed by atoms with Crippen molar-refractivity contribution in [1.82, 2.24) is 0 Å². The fourth-order valence-electron chi connectivity index (χ4n) is 2.51. The molecule has 122 valence electrons. The Balaban J connectivity index is 2.02. The highest BCUT2D eigenvalue weighted by molar-refractivity contribution is 6.10. The molecule has 25 heavy (non-hydrogen) atoms. The molecular formula is C23H18O2. The number of carbonyl (C=O) groups excluding carboxylic acids is 1. The Labute approximate surface area is 147 Å². The second kappa shape index (κ2) is 7.93. The Morgan fingerprint density at radius 1 is 0.600 bits per heavy atom. The summed E-state index contributed by atoms with van der Waals surface area (Å²) in [6.07, 6.45) is 3.19. The van der Waals surface area contributed by atoms with Crippen molar-refractivity contribution in [2.45, 2.75) is 0 Å². The van der Waals surface area contributed by atoms with Crippen LogP contribution >= 0.6 is 0 Å². The number of rotatable bonds is 5. The highest BCUT2D eigenvalue weighted by Gasteiger charge is 2.07. The summed E-state index contributed by atoms with van der Waals surface area (Å²) in [4.78, 5) is 12.6. The van der Waals surface area contributed by atoms with E-state index in [4.69, 9.17) is 0 Å². The number of aliphatic hydroxyl groups is 1. The molecule has 0 saturated carbocycles. The van der Waals surface area contributed by atoms with E-state index < -0.39 is 0 Å². The summed E-state index contributed by atoms with van der Waals surface area (Å²) in [5.41, 5.74) is 2.85. The molecule has 0 atom stereocenters. The molecule has 0 spiro atoms. The third-order valence-corrected chi connectivity index (χ3v) is 3.81. The van der Waals surface area contributed by atoms with E-state index in [0.717, 1.165) is 5.56 Å². The highest BCUT2D eigenvalue weighted by Crippen LogP contribution is 2.22. The maximum Gasteiger partial charge on any atom is 0.186 e. The van der Waals surface area contributed by atoms with E-state index in [2.05, 4.69) is 0 Å². The second-order valence-electron chi connectivity index (χ2n) is 5.59. The average Bonchev–Trinajstić information content (AvgIpc) is 2.69. The Bertz CT molecular complexity index is 893. The third kappa shape index (κ3) is 4.33. The molecule has 0 saturated heterocycles. The van der Waals surface area contributed by atoms with Crippen LogP contribution in [-0.2, 0) is 0 Å². The summed E-state index contributed by atoms with van der Waals surface area (Å²) in [6.45, 7) is 0. The lowest BCUT2D eigenvalue weighted by atomic mass is 10.00. The van der Waals surface area contributed by atoms with Gasteiger partial charge in [-0.25, -0.2) is 0 Å². The first kappa shape index (κ1) is 16.5. The zero-order chi connectivity index (χ0) is 17.5. The number of hydrogen-bond acceptors (Lipinski definition) is 2. The van der Waals surface area contributed by atoms with E-state index in [1.807, 2.05) is 78.9 Å². The van der Waals surface area contributed by atoms with Gasteiger partial charge in [0.1, 0.15) is 5.76 Å². The molecule has 2 nitrogen and oxygen atoms in total. The lowest BCUT2D eigenvalue weighted by Crippen LogP contribution is -1.96. The Morgan fingerprint density at radius 3 is 1.56 bits per heavy atom. The van der Waals surface area contributed by atoms with E-state index in [-0.39, 0.29) is 11.5 Å². The van der Waals surface area contributed by atoms with Crippen LogP contribution < -0.4 is 0 Å². The van der Waals surface area contributed by atoms with Crippen LogP contribution in [0.5, 0.6) is 0 Å². The molecule has 3 rings (SSSR count). The number of allylic oxidation sites excluding steroid dienone is 3. The molecule has 0 bridgehead atoms. The van der Waals surface area contributed by atoms with Crippen LogP contribution in [0.1, 0.15) is 21.5 Å². The molecular weight excluding hydrogens is 308 g/mol. The molecule has 0 heterocycles. The van der Waals surface area contributed by atoms with E-state index in [1.165, 1.54) is 0 Å². The number of benzene rings is 3. The first-order valence-corrected chi connectivity index (χ1v) is 8.06. The minimum absolute atomic E-state index is 0.100. The second-order valence-corrected chi connectivity index (χ2v) is 5.59. The summed E-state index contributed by atoms with van der Waals surface area (Å²) in [5.74, 6) is 0.0214. The lowest BCUT2D eigenvalue weighted by Gasteiger charge is -2.06. The van der Waals surface area contributed by atoms with Gasteiger partial charge in [-0.15, -0.1) is 0 Å². The third-order valence-electron chi connectivity index (χ3n) is 3.81. The van der Waals surface area contributed by atoms with Crippen LogP contribution in [0.25, 0.3) is 11.3 Å². The van der Waals surface area contributed by atoms with Gasteiger partial charge in [0.15, 0.2) is 5.78 Å². The summed E-state index contributed by atoms with van der Waals surface area (Å²) >= 11 is 0. The van der Waals surface area contributed by atoms with Crippen molar-refractivity contribution in [3.8, 4) is 0 Å². The smallest absolute Gasteiger partial charge is 0.186 e. The average molecular weight is 326 g/mol. The molecule has 0 amide bonds. The van der Waals surface area contributed by atoms with Gasteiger partial charge in [0.2, 0.25) is 0 Å². The van der Waals surface area contributed by atoms with Crippen molar-refractivity contribution >= 4 is 17.1 Å². The maximum absolute atomic E-state index is 12.6. The van der Waals surface area contributed by atoms with Crippen LogP contribution in [0, 0.1) is 0 Å². The molecule has 3 aromatic rings. The van der Waals surface area contributed by atoms with Crippen LogP contribution in [0.3, 0.4) is 0 Å². The number of carbonyl (C=O) groups is 1. The standard InChI is InChI=1S/C23H18O2/c24-22(19-12-6-2-7-13-19)16-21(18-10-4-1-5-11-18)17-23(25)20-14-8-3-9-15-20/h1-17,24H/b21-17+,22-16+. The zero-order valence-electron chi connectivity index (χ0n) is 13.7. The highest BCUT2D eigenvalue weighted by atomic mass is 16.3. The Kier molecular flexibility index (Phi) is 5.22. The largest absolute Gasteiger partial charge is 0.507 e. The van der Waals surface area contributed by atoms with Crippen molar-refractivity contribution in [1.29, 1.82) is 0 Å². The van der Waals surface area contributed by atoms with Gasteiger partial charge in [0, 0.05) is 11.1 Å². The van der Waals surface area contributed by atoms with E-state index in [0.29, 0.717) is 16.7 Å². The first-order valence-electron chi connectivity index (χ1n) is 8.06. The first-order chi connectivity index (χ1) is 12.2. The molecule has 0 radical (unpaired) electrons. The topological polar surface area (TPSA) is 37.3 Å². The van der Waals surface area contributed by atoms with Crippen LogP contribution in [0.2, 0.25) is 0 Å². The number of hydrogen-bond donors (Lipinski definition) is 1. The molecule has 0 aliphatic carbocycles. The van der Waals surface area contributed by atoms with Gasteiger partial charge in [-0.1, -0.05) is 91.0 Å². The fourth-order valence-corrected chi connectivity index (χ4v) is 2.51. The minimum atomic E-state index is -0.100. The molecule has 0 aromatic heterocycles. The van der Waals surface area contributed by atoms with Crippen LogP contribution in [0.4, 0.5) is 0 Å². The molecule has 2 heteroatoms. The normalized spacial score (nSPS) is 12.0. The van der Waals surface area contributed by atoms with Crippen LogP contribution in [-0.4, -0.2) is 10.9 Å². The van der Waals surface area contributed by atoms with E-state index in [1.54, 1.807) is 24.3 Å². The molecule has 3 aromatic carbocycles. The summed E-state index contributed by atoms with van der Waals surface area (Å²) in [7, 11) is 0. The van der Waals surface area contributed by atoms with Crippen molar-refractivity contribution in [2.24, 2.45) is 0 Å². The van der Waals surface area contributed by atoms with E-state index >= 15 is 0 Å². The molecule has 0 fully saturated rings. The van der Waals surface area contributed by atoms with E-state index in [9.17, 15) is 9.90 Å². The summed E-state index contributed by atoms with van der Waals surface area (Å²) < 4.78 is 0. The van der Waals surface area contributed by atoms with Gasteiger partial charge in [-0.2, -0.15) is 0 Å².